The number of aromatic nitrogens is 3. The Hall–Kier alpha value is -3.13. The second kappa shape index (κ2) is 7.24. The van der Waals surface area contributed by atoms with Gasteiger partial charge < -0.3 is 19.7 Å². The van der Waals surface area contributed by atoms with Crippen LogP contribution in [0.25, 0.3) is 16.8 Å². The number of rotatable bonds is 4. The van der Waals surface area contributed by atoms with Crippen molar-refractivity contribution in [3.63, 3.8) is 0 Å². The van der Waals surface area contributed by atoms with Gasteiger partial charge in [-0.2, -0.15) is 0 Å². The third kappa shape index (κ3) is 3.19. The number of methoxy groups -OCH3 is 1. The van der Waals surface area contributed by atoms with Crippen LogP contribution in [0.1, 0.15) is 10.5 Å². The van der Waals surface area contributed by atoms with Crippen molar-refractivity contribution in [2.24, 2.45) is 0 Å². The minimum absolute atomic E-state index is 0.0354. The lowest BCUT2D eigenvalue weighted by molar-refractivity contribution is 0.0298. The maximum Gasteiger partial charge on any atom is 0.272 e. The van der Waals surface area contributed by atoms with Crippen molar-refractivity contribution in [2.75, 3.05) is 45.8 Å². The molecule has 0 aliphatic carbocycles. The standard InChI is InChI=1S/C19H21N5O3/c1-20-15-9-14(10-22-18(15)26-2)13-3-4-17-21-11-16(24(17)12-13)19(25)23-5-7-27-8-6-23/h3-4,9-12,20H,5-8H2,1-2H3. The average Bonchev–Trinajstić information content (AvgIpc) is 3.16. The van der Waals surface area contributed by atoms with Gasteiger partial charge in [0.15, 0.2) is 0 Å². The maximum atomic E-state index is 12.9. The Morgan fingerprint density at radius 2 is 2.00 bits per heavy atom. The summed E-state index contributed by atoms with van der Waals surface area (Å²) in [5.41, 5.74) is 3.92. The van der Waals surface area contributed by atoms with Crippen molar-refractivity contribution in [3.8, 4) is 17.0 Å². The minimum Gasteiger partial charge on any atom is -0.480 e. The fraction of sp³-hybridized carbons (Fsp3) is 0.316. The number of morpholine rings is 1. The van der Waals surface area contributed by atoms with Gasteiger partial charge in [0.1, 0.15) is 11.3 Å². The van der Waals surface area contributed by atoms with Crippen molar-refractivity contribution in [1.29, 1.82) is 0 Å². The first kappa shape index (κ1) is 17.3. The van der Waals surface area contributed by atoms with E-state index in [2.05, 4.69) is 15.3 Å². The van der Waals surface area contributed by atoms with E-state index in [4.69, 9.17) is 9.47 Å². The highest BCUT2D eigenvalue weighted by Crippen LogP contribution is 2.28. The molecule has 4 rings (SSSR count). The molecule has 1 aliphatic rings. The number of hydrogen-bond donors (Lipinski definition) is 1. The molecule has 1 aliphatic heterocycles. The molecule has 3 aromatic rings. The highest BCUT2D eigenvalue weighted by Gasteiger charge is 2.21. The summed E-state index contributed by atoms with van der Waals surface area (Å²) in [6.07, 6.45) is 5.29. The molecule has 8 heteroatoms. The Morgan fingerprint density at radius 1 is 1.19 bits per heavy atom. The van der Waals surface area contributed by atoms with Crippen molar-refractivity contribution in [3.05, 3.63) is 42.5 Å². The molecule has 4 heterocycles. The number of hydrogen-bond acceptors (Lipinski definition) is 6. The number of pyridine rings is 2. The Labute approximate surface area is 156 Å². The van der Waals surface area contributed by atoms with Gasteiger partial charge in [0.2, 0.25) is 5.88 Å². The Kier molecular flexibility index (Phi) is 4.64. The van der Waals surface area contributed by atoms with Crippen LogP contribution >= 0.6 is 0 Å². The van der Waals surface area contributed by atoms with Gasteiger partial charge in [-0.1, -0.05) is 0 Å². The fourth-order valence-electron chi connectivity index (χ4n) is 3.19. The summed E-state index contributed by atoms with van der Waals surface area (Å²) >= 11 is 0. The molecule has 8 nitrogen and oxygen atoms in total. The second-order valence-corrected chi connectivity index (χ2v) is 6.22. The zero-order chi connectivity index (χ0) is 18.8. The molecule has 0 aromatic carbocycles. The molecule has 1 fully saturated rings. The van der Waals surface area contributed by atoms with Crippen LogP contribution in [0, 0.1) is 0 Å². The smallest absolute Gasteiger partial charge is 0.272 e. The number of nitrogens with one attached hydrogen (secondary N) is 1. The van der Waals surface area contributed by atoms with Gasteiger partial charge in [0.25, 0.3) is 5.91 Å². The molecule has 0 spiro atoms. The highest BCUT2D eigenvalue weighted by atomic mass is 16.5. The van der Waals surface area contributed by atoms with E-state index >= 15 is 0 Å². The summed E-state index contributed by atoms with van der Waals surface area (Å²) < 4.78 is 12.4. The van der Waals surface area contributed by atoms with Crippen LogP contribution in [0.2, 0.25) is 0 Å². The zero-order valence-electron chi connectivity index (χ0n) is 15.3. The number of anilines is 1. The van der Waals surface area contributed by atoms with Crippen molar-refractivity contribution >= 4 is 17.2 Å². The van der Waals surface area contributed by atoms with E-state index in [9.17, 15) is 4.79 Å². The van der Waals surface area contributed by atoms with E-state index in [1.54, 1.807) is 24.4 Å². The molecule has 1 saturated heterocycles. The monoisotopic (exact) mass is 367 g/mol. The first-order valence-corrected chi connectivity index (χ1v) is 8.77. The van der Waals surface area contributed by atoms with Crippen LogP contribution in [-0.4, -0.2) is 65.6 Å². The van der Waals surface area contributed by atoms with E-state index in [1.165, 1.54) is 0 Å². The summed E-state index contributed by atoms with van der Waals surface area (Å²) in [5.74, 6) is 0.500. The Morgan fingerprint density at radius 3 is 2.74 bits per heavy atom. The van der Waals surface area contributed by atoms with Crippen molar-refractivity contribution < 1.29 is 14.3 Å². The van der Waals surface area contributed by atoms with Gasteiger partial charge in [-0.3, -0.25) is 9.20 Å². The largest absolute Gasteiger partial charge is 0.480 e. The Balaban J connectivity index is 1.72. The van der Waals surface area contributed by atoms with Crippen molar-refractivity contribution in [1.82, 2.24) is 19.3 Å². The average molecular weight is 367 g/mol. The molecule has 27 heavy (non-hydrogen) atoms. The summed E-state index contributed by atoms with van der Waals surface area (Å²) in [6.45, 7) is 2.33. The van der Waals surface area contributed by atoms with Crippen LogP contribution in [0.3, 0.4) is 0 Å². The Bertz CT molecular complexity index is 979. The predicted octanol–water partition coefficient (Wildman–Crippen LogP) is 1.92. The predicted molar refractivity (Wildman–Crippen MR) is 101 cm³/mol. The lowest BCUT2D eigenvalue weighted by Crippen LogP contribution is -2.41. The number of nitrogens with zero attached hydrogens (tertiary/aromatic N) is 4. The van der Waals surface area contributed by atoms with Gasteiger partial charge in [-0.25, -0.2) is 9.97 Å². The number of carbonyl (C=O) groups excluding carboxylic acids is 1. The lowest BCUT2D eigenvalue weighted by atomic mass is 10.1. The molecule has 1 N–H and O–H groups in total. The van der Waals surface area contributed by atoms with E-state index in [0.29, 0.717) is 37.9 Å². The molecule has 0 atom stereocenters. The molecule has 1 amide bonds. The molecule has 0 saturated carbocycles. The number of amides is 1. The van der Waals surface area contributed by atoms with Gasteiger partial charge >= 0.3 is 0 Å². The number of imidazole rings is 1. The minimum atomic E-state index is -0.0354. The first-order valence-electron chi connectivity index (χ1n) is 8.77. The van der Waals surface area contributed by atoms with Crippen LogP contribution in [0.5, 0.6) is 5.88 Å². The van der Waals surface area contributed by atoms with E-state index in [0.717, 1.165) is 22.5 Å². The summed E-state index contributed by atoms with van der Waals surface area (Å²) in [5, 5.41) is 3.08. The summed E-state index contributed by atoms with van der Waals surface area (Å²) in [6, 6.07) is 5.83. The molecule has 3 aromatic heterocycles. The zero-order valence-corrected chi connectivity index (χ0v) is 15.3. The van der Waals surface area contributed by atoms with Crippen LogP contribution in [0.4, 0.5) is 5.69 Å². The normalized spacial score (nSPS) is 14.4. The number of carbonyl (C=O) groups is 1. The number of fused-ring (bicyclic) bond motifs is 1. The molecular weight excluding hydrogens is 346 g/mol. The van der Waals surface area contributed by atoms with E-state index in [1.807, 2.05) is 35.8 Å². The fourth-order valence-corrected chi connectivity index (χ4v) is 3.19. The molecule has 140 valence electrons. The molecule has 0 radical (unpaired) electrons. The van der Waals surface area contributed by atoms with Gasteiger partial charge in [-0.15, -0.1) is 0 Å². The molecular formula is C19H21N5O3. The SMILES string of the molecule is CNc1cc(-c2ccc3ncc(C(=O)N4CCOCC4)n3c2)cnc1OC. The first-order chi connectivity index (χ1) is 13.2. The third-order valence-electron chi connectivity index (χ3n) is 4.67. The summed E-state index contributed by atoms with van der Waals surface area (Å²) in [4.78, 5) is 23.4. The van der Waals surface area contributed by atoms with Gasteiger partial charge in [0.05, 0.1) is 32.2 Å². The van der Waals surface area contributed by atoms with Crippen LogP contribution in [-0.2, 0) is 4.74 Å². The molecule has 0 unspecified atom stereocenters. The van der Waals surface area contributed by atoms with Gasteiger partial charge in [-0.05, 0) is 18.2 Å². The third-order valence-corrected chi connectivity index (χ3v) is 4.67. The summed E-state index contributed by atoms with van der Waals surface area (Å²) in [7, 11) is 3.41. The maximum absolute atomic E-state index is 12.9. The topological polar surface area (TPSA) is 81.0 Å². The van der Waals surface area contributed by atoms with Crippen LogP contribution < -0.4 is 10.1 Å². The number of ether oxygens (including phenoxy) is 2. The molecule has 0 bridgehead atoms. The highest BCUT2D eigenvalue weighted by molar-refractivity contribution is 5.93. The van der Waals surface area contributed by atoms with Crippen molar-refractivity contribution in [2.45, 2.75) is 0 Å². The van der Waals surface area contributed by atoms with Crippen LogP contribution in [0.15, 0.2) is 36.8 Å². The quantitative estimate of drug-likeness (QED) is 0.759. The second-order valence-electron chi connectivity index (χ2n) is 6.22. The lowest BCUT2D eigenvalue weighted by Gasteiger charge is -2.26. The van der Waals surface area contributed by atoms with E-state index < -0.39 is 0 Å². The van der Waals surface area contributed by atoms with Gasteiger partial charge in [0, 0.05) is 43.7 Å². The van der Waals surface area contributed by atoms with E-state index in [-0.39, 0.29) is 5.91 Å².